The average Bonchev–Trinajstić information content (AvgIpc) is 3.34. The summed E-state index contributed by atoms with van der Waals surface area (Å²) in [6.45, 7) is 3.25. The number of hydrogen-bond donors (Lipinski definition) is 1. The van der Waals surface area contributed by atoms with E-state index in [4.69, 9.17) is 28.7 Å². The van der Waals surface area contributed by atoms with E-state index in [0.29, 0.717) is 29.4 Å². The zero-order chi connectivity index (χ0) is 27.8. The number of methoxy groups -OCH3 is 4. The maximum Gasteiger partial charge on any atom is 0.252 e. The molecule has 0 aliphatic heterocycles. The molecule has 39 heavy (non-hydrogen) atoms. The van der Waals surface area contributed by atoms with Gasteiger partial charge >= 0.3 is 0 Å². The molecule has 1 aromatic heterocycles. The van der Waals surface area contributed by atoms with Crippen LogP contribution in [0.5, 0.6) is 28.7 Å². The lowest BCUT2D eigenvalue weighted by atomic mass is 10.1. The lowest BCUT2D eigenvalue weighted by Crippen LogP contribution is -2.29. The first-order valence-corrected chi connectivity index (χ1v) is 12.8. The molecule has 1 unspecified atom stereocenters. The smallest absolute Gasteiger partial charge is 0.252 e. The second-order valence-electron chi connectivity index (χ2n) is 8.95. The van der Waals surface area contributed by atoms with Gasteiger partial charge in [-0.15, -0.1) is 0 Å². The zero-order valence-electron chi connectivity index (χ0n) is 23.0. The van der Waals surface area contributed by atoms with Gasteiger partial charge in [0.15, 0.2) is 11.5 Å². The molecule has 4 aromatic rings. The first-order valence-electron chi connectivity index (χ1n) is 12.8. The van der Waals surface area contributed by atoms with E-state index in [9.17, 15) is 4.79 Å². The Labute approximate surface area is 228 Å². The van der Waals surface area contributed by atoms with Crippen LogP contribution in [0.15, 0.2) is 60.7 Å². The fraction of sp³-hybridized carbons (Fsp3) is 0.333. The molecular weight excluding hydrogens is 498 g/mol. The van der Waals surface area contributed by atoms with Gasteiger partial charge in [0.05, 0.1) is 52.1 Å². The third kappa shape index (κ3) is 6.37. The van der Waals surface area contributed by atoms with Crippen LogP contribution >= 0.6 is 0 Å². The van der Waals surface area contributed by atoms with Crippen molar-refractivity contribution in [3.63, 3.8) is 0 Å². The number of aryl methyl sites for hydroxylation is 1. The van der Waals surface area contributed by atoms with Crippen LogP contribution in [0.25, 0.3) is 11.0 Å². The SMILES string of the molecule is COc1cccc(OCCCCn2c(C(C)NC(=O)c3cc(OC)c(OC)c(OC)c3)nc3ccccc32)c1. The van der Waals surface area contributed by atoms with Gasteiger partial charge in [-0.05, 0) is 56.2 Å². The topological polar surface area (TPSA) is 93.1 Å². The molecule has 0 saturated heterocycles. The number of ether oxygens (including phenoxy) is 5. The monoisotopic (exact) mass is 533 g/mol. The van der Waals surface area contributed by atoms with Crippen molar-refractivity contribution < 1.29 is 28.5 Å². The van der Waals surface area contributed by atoms with Crippen molar-refractivity contribution in [3.8, 4) is 28.7 Å². The molecule has 0 aliphatic carbocycles. The molecule has 206 valence electrons. The molecule has 1 amide bonds. The van der Waals surface area contributed by atoms with Crippen LogP contribution in [-0.4, -0.2) is 50.5 Å². The molecular formula is C30H35N3O6. The van der Waals surface area contributed by atoms with E-state index < -0.39 is 0 Å². The highest BCUT2D eigenvalue weighted by molar-refractivity contribution is 5.96. The van der Waals surface area contributed by atoms with Crippen molar-refractivity contribution in [2.75, 3.05) is 35.0 Å². The quantitative estimate of drug-likeness (QED) is 0.229. The van der Waals surface area contributed by atoms with Gasteiger partial charge in [0.2, 0.25) is 5.75 Å². The number of para-hydroxylation sites is 2. The number of unbranched alkanes of at least 4 members (excludes halogenated alkanes) is 1. The fourth-order valence-corrected chi connectivity index (χ4v) is 4.47. The van der Waals surface area contributed by atoms with Gasteiger partial charge in [-0.1, -0.05) is 18.2 Å². The van der Waals surface area contributed by atoms with Crippen LogP contribution in [0.2, 0.25) is 0 Å². The minimum Gasteiger partial charge on any atom is -0.497 e. The van der Waals surface area contributed by atoms with Gasteiger partial charge in [-0.25, -0.2) is 4.98 Å². The molecule has 1 atom stereocenters. The number of rotatable bonds is 13. The normalized spacial score (nSPS) is 11.6. The van der Waals surface area contributed by atoms with Gasteiger partial charge < -0.3 is 33.6 Å². The summed E-state index contributed by atoms with van der Waals surface area (Å²) in [6, 6.07) is 18.5. The lowest BCUT2D eigenvalue weighted by molar-refractivity contribution is 0.0936. The standard InChI is InChI=1S/C30H35N3O6/c1-20(31-30(34)21-17-26(36-3)28(38-5)27(18-21)37-4)29-32-24-13-6-7-14-25(24)33(29)15-8-9-16-39-23-12-10-11-22(19-23)35-2/h6-7,10-14,17-20H,8-9,15-16H2,1-5H3,(H,31,34). The largest absolute Gasteiger partial charge is 0.497 e. The second-order valence-corrected chi connectivity index (χ2v) is 8.95. The molecule has 0 aliphatic rings. The fourth-order valence-electron chi connectivity index (χ4n) is 4.47. The summed E-state index contributed by atoms with van der Waals surface area (Å²) in [7, 11) is 6.20. The molecule has 0 spiro atoms. The van der Waals surface area contributed by atoms with Crippen molar-refractivity contribution in [2.45, 2.75) is 32.4 Å². The lowest BCUT2D eigenvalue weighted by Gasteiger charge is -2.18. The van der Waals surface area contributed by atoms with E-state index in [0.717, 1.165) is 47.7 Å². The second kappa shape index (κ2) is 12.9. The molecule has 1 heterocycles. The van der Waals surface area contributed by atoms with E-state index in [-0.39, 0.29) is 11.9 Å². The van der Waals surface area contributed by atoms with E-state index >= 15 is 0 Å². The van der Waals surface area contributed by atoms with Crippen molar-refractivity contribution in [3.05, 3.63) is 72.1 Å². The van der Waals surface area contributed by atoms with E-state index in [1.165, 1.54) is 21.3 Å². The first-order chi connectivity index (χ1) is 19.0. The van der Waals surface area contributed by atoms with Gasteiger partial charge in [0.1, 0.15) is 17.3 Å². The predicted molar refractivity (Wildman–Crippen MR) is 149 cm³/mol. The summed E-state index contributed by atoms with van der Waals surface area (Å²) in [5, 5.41) is 3.08. The number of nitrogens with one attached hydrogen (secondary N) is 1. The van der Waals surface area contributed by atoms with E-state index in [1.807, 2.05) is 55.5 Å². The Morgan fingerprint density at radius 1 is 0.872 bits per heavy atom. The summed E-state index contributed by atoms with van der Waals surface area (Å²) < 4.78 is 29.5. The van der Waals surface area contributed by atoms with Gasteiger partial charge in [-0.2, -0.15) is 0 Å². The Hall–Kier alpha value is -4.40. The molecule has 9 heteroatoms. The van der Waals surface area contributed by atoms with Gasteiger partial charge in [-0.3, -0.25) is 4.79 Å². The number of imidazole rings is 1. The van der Waals surface area contributed by atoms with Crippen LogP contribution in [0.3, 0.4) is 0 Å². The summed E-state index contributed by atoms with van der Waals surface area (Å²) >= 11 is 0. The summed E-state index contributed by atoms with van der Waals surface area (Å²) in [5.74, 6) is 3.33. The molecule has 9 nitrogen and oxygen atoms in total. The Balaban J connectivity index is 1.46. The highest BCUT2D eigenvalue weighted by atomic mass is 16.5. The summed E-state index contributed by atoms with van der Waals surface area (Å²) in [5.41, 5.74) is 2.30. The average molecular weight is 534 g/mol. The number of carbonyl (C=O) groups is 1. The van der Waals surface area contributed by atoms with Crippen molar-refractivity contribution in [2.24, 2.45) is 0 Å². The minimum atomic E-state index is -0.350. The van der Waals surface area contributed by atoms with Crippen LogP contribution in [-0.2, 0) is 6.54 Å². The Kier molecular flexibility index (Phi) is 9.14. The molecule has 1 N–H and O–H groups in total. The number of nitrogens with zero attached hydrogens (tertiary/aromatic N) is 2. The zero-order valence-corrected chi connectivity index (χ0v) is 23.0. The maximum atomic E-state index is 13.2. The third-order valence-electron chi connectivity index (χ3n) is 6.43. The summed E-state index contributed by atoms with van der Waals surface area (Å²) in [6.07, 6.45) is 1.74. The number of amides is 1. The van der Waals surface area contributed by atoms with Crippen LogP contribution in [0.4, 0.5) is 0 Å². The van der Waals surface area contributed by atoms with E-state index in [2.05, 4.69) is 9.88 Å². The number of carbonyl (C=O) groups excluding carboxylic acids is 1. The predicted octanol–water partition coefficient (Wildman–Crippen LogP) is 5.42. The van der Waals surface area contributed by atoms with Gasteiger partial charge in [0, 0.05) is 18.2 Å². The number of hydrogen-bond acceptors (Lipinski definition) is 7. The number of fused-ring (bicyclic) bond motifs is 1. The van der Waals surface area contributed by atoms with Crippen molar-refractivity contribution in [1.29, 1.82) is 0 Å². The number of aromatic nitrogens is 2. The Bertz CT molecular complexity index is 1390. The van der Waals surface area contributed by atoms with Crippen molar-refractivity contribution >= 4 is 16.9 Å². The highest BCUT2D eigenvalue weighted by Crippen LogP contribution is 2.38. The molecule has 3 aromatic carbocycles. The molecule has 0 bridgehead atoms. The highest BCUT2D eigenvalue weighted by Gasteiger charge is 2.21. The molecule has 0 fully saturated rings. The van der Waals surface area contributed by atoms with E-state index in [1.54, 1.807) is 19.2 Å². The number of benzene rings is 3. The summed E-state index contributed by atoms with van der Waals surface area (Å²) in [4.78, 5) is 18.1. The van der Waals surface area contributed by atoms with Crippen LogP contribution < -0.4 is 29.0 Å². The first kappa shape index (κ1) is 27.6. The van der Waals surface area contributed by atoms with Crippen LogP contribution in [0.1, 0.15) is 42.0 Å². The molecule has 4 rings (SSSR count). The van der Waals surface area contributed by atoms with Gasteiger partial charge in [0.25, 0.3) is 5.91 Å². The Morgan fingerprint density at radius 3 is 2.28 bits per heavy atom. The minimum absolute atomic E-state index is 0.271. The Morgan fingerprint density at radius 2 is 1.59 bits per heavy atom. The maximum absolute atomic E-state index is 13.2. The molecule has 0 radical (unpaired) electrons. The van der Waals surface area contributed by atoms with Crippen LogP contribution in [0, 0.1) is 0 Å². The third-order valence-corrected chi connectivity index (χ3v) is 6.43. The van der Waals surface area contributed by atoms with Crippen molar-refractivity contribution in [1.82, 2.24) is 14.9 Å². The molecule has 0 saturated carbocycles.